The zero-order valence-electron chi connectivity index (χ0n) is 9.07. The van der Waals surface area contributed by atoms with E-state index in [9.17, 15) is 5.11 Å². The monoisotopic (exact) mass is 297 g/mol. The topological polar surface area (TPSA) is 33.1 Å². The maximum atomic E-state index is 10.3. The van der Waals surface area contributed by atoms with Gasteiger partial charge in [-0.05, 0) is 52.4 Å². The molecule has 0 aliphatic heterocycles. The van der Waals surface area contributed by atoms with E-state index in [1.54, 1.807) is 6.20 Å². The number of pyridine rings is 1. The van der Waals surface area contributed by atoms with Gasteiger partial charge in [0.15, 0.2) is 0 Å². The molecule has 0 spiro atoms. The molecule has 1 atom stereocenters. The minimum absolute atomic E-state index is 0.644. The lowest BCUT2D eigenvalue weighted by Gasteiger charge is -2.12. The van der Waals surface area contributed by atoms with Gasteiger partial charge >= 0.3 is 0 Å². The number of rotatable bonds is 2. The average Bonchev–Trinajstić information content (AvgIpc) is 2.63. The van der Waals surface area contributed by atoms with Gasteiger partial charge in [0.1, 0.15) is 6.10 Å². The predicted molar refractivity (Wildman–Crippen MR) is 69.8 cm³/mol. The highest BCUT2D eigenvalue weighted by Crippen LogP contribution is 2.33. The Kier molecular flexibility index (Phi) is 3.42. The van der Waals surface area contributed by atoms with Crippen molar-refractivity contribution < 1.29 is 5.11 Å². The van der Waals surface area contributed by atoms with Crippen molar-refractivity contribution in [3.8, 4) is 0 Å². The van der Waals surface area contributed by atoms with E-state index >= 15 is 0 Å². The number of hydrogen-bond acceptors (Lipinski definition) is 3. The first-order valence-corrected chi connectivity index (χ1v) is 6.61. The first-order chi connectivity index (χ1) is 7.59. The van der Waals surface area contributed by atoms with E-state index < -0.39 is 6.10 Å². The van der Waals surface area contributed by atoms with Crippen LogP contribution in [-0.4, -0.2) is 10.1 Å². The second-order valence-electron chi connectivity index (χ2n) is 3.75. The van der Waals surface area contributed by atoms with Crippen molar-refractivity contribution in [1.82, 2.24) is 4.98 Å². The number of hydrogen-bond donors (Lipinski definition) is 1. The Morgan fingerprint density at radius 3 is 2.75 bits per heavy atom. The van der Waals surface area contributed by atoms with Gasteiger partial charge in [-0.25, -0.2) is 0 Å². The molecular weight excluding hydrogens is 286 g/mol. The fourth-order valence-electron chi connectivity index (χ4n) is 1.64. The van der Waals surface area contributed by atoms with E-state index in [-0.39, 0.29) is 0 Å². The van der Waals surface area contributed by atoms with E-state index in [0.29, 0.717) is 0 Å². The van der Waals surface area contributed by atoms with Crippen molar-refractivity contribution in [2.24, 2.45) is 0 Å². The quantitative estimate of drug-likeness (QED) is 0.919. The molecule has 0 bridgehead atoms. The van der Waals surface area contributed by atoms with Crippen LogP contribution < -0.4 is 0 Å². The van der Waals surface area contributed by atoms with Gasteiger partial charge in [-0.2, -0.15) is 0 Å². The second kappa shape index (κ2) is 4.65. The minimum Gasteiger partial charge on any atom is -0.381 e. The summed E-state index contributed by atoms with van der Waals surface area (Å²) in [7, 11) is 0. The van der Waals surface area contributed by atoms with Gasteiger partial charge < -0.3 is 5.11 Å². The minimum atomic E-state index is -0.644. The molecule has 0 aliphatic carbocycles. The highest BCUT2D eigenvalue weighted by molar-refractivity contribution is 9.10. The molecule has 0 aromatic carbocycles. The van der Waals surface area contributed by atoms with Gasteiger partial charge in [-0.1, -0.05) is 6.07 Å². The van der Waals surface area contributed by atoms with Crippen LogP contribution in [0.5, 0.6) is 0 Å². The van der Waals surface area contributed by atoms with Crippen molar-refractivity contribution in [3.63, 3.8) is 0 Å². The van der Waals surface area contributed by atoms with Crippen molar-refractivity contribution >= 4 is 27.3 Å². The Labute approximate surface area is 107 Å². The molecule has 2 nitrogen and oxygen atoms in total. The van der Waals surface area contributed by atoms with Gasteiger partial charge in [0.2, 0.25) is 0 Å². The highest BCUT2D eigenvalue weighted by atomic mass is 79.9. The van der Waals surface area contributed by atoms with Crippen LogP contribution in [0, 0.1) is 13.8 Å². The van der Waals surface area contributed by atoms with Crippen LogP contribution in [0.25, 0.3) is 0 Å². The summed E-state index contributed by atoms with van der Waals surface area (Å²) in [5.74, 6) is 0. The lowest BCUT2D eigenvalue weighted by molar-refractivity contribution is 0.217. The second-order valence-corrected chi connectivity index (χ2v) is 5.55. The molecule has 84 valence electrons. The van der Waals surface area contributed by atoms with Crippen LogP contribution in [0.1, 0.15) is 27.8 Å². The van der Waals surface area contributed by atoms with Crippen LogP contribution in [0.2, 0.25) is 0 Å². The largest absolute Gasteiger partial charge is 0.381 e. The third-order valence-corrected chi connectivity index (χ3v) is 4.33. The van der Waals surface area contributed by atoms with E-state index in [0.717, 1.165) is 26.2 Å². The molecule has 0 aliphatic rings. The molecular formula is C12H12BrNOS. The normalized spacial score (nSPS) is 12.8. The van der Waals surface area contributed by atoms with Gasteiger partial charge in [-0.15, -0.1) is 11.3 Å². The molecule has 1 N–H and O–H groups in total. The molecule has 1 unspecified atom stereocenters. The number of aliphatic hydroxyl groups is 1. The van der Waals surface area contributed by atoms with Crippen molar-refractivity contribution in [2.45, 2.75) is 20.0 Å². The number of nitrogens with zero attached hydrogens (tertiary/aromatic N) is 1. The zero-order valence-corrected chi connectivity index (χ0v) is 11.5. The molecule has 0 amide bonds. The maximum Gasteiger partial charge on any atom is 0.131 e. The van der Waals surface area contributed by atoms with Crippen LogP contribution in [0.3, 0.4) is 0 Å². The first kappa shape index (κ1) is 11.8. The fourth-order valence-corrected chi connectivity index (χ4v) is 3.21. The number of halogens is 1. The first-order valence-electron chi connectivity index (χ1n) is 4.93. The van der Waals surface area contributed by atoms with E-state index in [1.807, 2.05) is 31.4 Å². The number of thiophene rings is 1. The highest BCUT2D eigenvalue weighted by Gasteiger charge is 2.18. The molecule has 2 rings (SSSR count). The number of aromatic nitrogens is 1. The third kappa shape index (κ3) is 2.19. The lowest BCUT2D eigenvalue weighted by atomic mass is 10.1. The SMILES string of the molecule is Cc1cnc(C(O)c2sccc2Br)c(C)c1. The summed E-state index contributed by atoms with van der Waals surface area (Å²) in [6.45, 7) is 3.97. The van der Waals surface area contributed by atoms with Gasteiger partial charge in [-0.3, -0.25) is 4.98 Å². The number of aliphatic hydroxyl groups excluding tert-OH is 1. The van der Waals surface area contributed by atoms with Crippen molar-refractivity contribution in [3.05, 3.63) is 49.9 Å². The molecule has 4 heteroatoms. The van der Waals surface area contributed by atoms with Gasteiger partial charge in [0, 0.05) is 10.7 Å². The predicted octanol–water partition coefficient (Wildman–Crippen LogP) is 3.60. The average molecular weight is 298 g/mol. The van der Waals surface area contributed by atoms with Crippen molar-refractivity contribution in [1.29, 1.82) is 0 Å². The zero-order chi connectivity index (χ0) is 11.7. The van der Waals surface area contributed by atoms with Crippen LogP contribution in [0.15, 0.2) is 28.2 Å². The Hall–Kier alpha value is -0.710. The molecule has 2 aromatic heterocycles. The molecule has 0 saturated carbocycles. The van der Waals surface area contributed by atoms with Gasteiger partial charge in [0.05, 0.1) is 10.6 Å². The maximum absolute atomic E-state index is 10.3. The van der Waals surface area contributed by atoms with E-state index in [1.165, 1.54) is 11.3 Å². The Morgan fingerprint density at radius 1 is 1.44 bits per heavy atom. The lowest BCUT2D eigenvalue weighted by Crippen LogP contribution is -2.04. The summed E-state index contributed by atoms with van der Waals surface area (Å²) in [5, 5.41) is 12.2. The standard InChI is InChI=1S/C12H12BrNOS/c1-7-5-8(2)10(14-6-7)11(15)12-9(13)3-4-16-12/h3-6,11,15H,1-2H3. The summed E-state index contributed by atoms with van der Waals surface area (Å²) in [6.07, 6.45) is 1.14. The summed E-state index contributed by atoms with van der Waals surface area (Å²) >= 11 is 4.95. The van der Waals surface area contributed by atoms with Crippen LogP contribution in [0.4, 0.5) is 0 Å². The Bertz CT molecular complexity index is 509. The van der Waals surface area contributed by atoms with E-state index in [4.69, 9.17) is 0 Å². The molecule has 0 fully saturated rings. The van der Waals surface area contributed by atoms with E-state index in [2.05, 4.69) is 20.9 Å². The van der Waals surface area contributed by atoms with Gasteiger partial charge in [0.25, 0.3) is 0 Å². The smallest absolute Gasteiger partial charge is 0.131 e. The summed E-state index contributed by atoms with van der Waals surface area (Å²) in [5.41, 5.74) is 2.86. The molecule has 0 radical (unpaired) electrons. The number of aryl methyl sites for hydroxylation is 2. The molecule has 0 saturated heterocycles. The van der Waals surface area contributed by atoms with Crippen molar-refractivity contribution in [2.75, 3.05) is 0 Å². The third-order valence-electron chi connectivity index (χ3n) is 2.41. The fraction of sp³-hybridized carbons (Fsp3) is 0.250. The molecule has 2 aromatic rings. The Balaban J connectivity index is 2.41. The molecule has 16 heavy (non-hydrogen) atoms. The summed E-state index contributed by atoms with van der Waals surface area (Å²) < 4.78 is 0.937. The molecule has 2 heterocycles. The Morgan fingerprint density at radius 2 is 2.19 bits per heavy atom. The van der Waals surface area contributed by atoms with Crippen LogP contribution >= 0.6 is 27.3 Å². The van der Waals surface area contributed by atoms with Crippen LogP contribution in [-0.2, 0) is 0 Å². The summed E-state index contributed by atoms with van der Waals surface area (Å²) in [4.78, 5) is 5.21. The summed E-state index contributed by atoms with van der Waals surface area (Å²) in [6, 6.07) is 3.97.